The molecule has 7 heteroatoms. The zero-order chi connectivity index (χ0) is 22.4. The second-order valence-corrected chi connectivity index (χ2v) is 8.25. The summed E-state index contributed by atoms with van der Waals surface area (Å²) in [5.41, 5.74) is 3.78. The van der Waals surface area contributed by atoms with E-state index in [1.807, 2.05) is 38.1 Å². The molecule has 0 spiro atoms. The van der Waals surface area contributed by atoms with Crippen molar-refractivity contribution in [3.8, 4) is 0 Å². The van der Waals surface area contributed by atoms with E-state index >= 15 is 0 Å². The molecular formula is C21H23N5OS. The third-order valence-electron chi connectivity index (χ3n) is 5.03. The van der Waals surface area contributed by atoms with Crippen molar-refractivity contribution in [3.63, 3.8) is 0 Å². The van der Waals surface area contributed by atoms with Gasteiger partial charge >= 0.3 is 0 Å². The van der Waals surface area contributed by atoms with Gasteiger partial charge in [0.1, 0.15) is 17.0 Å². The topological polar surface area (TPSA) is 72.8 Å². The van der Waals surface area contributed by atoms with Gasteiger partial charge in [0.25, 0.3) is 0 Å². The zero-order valence-electron chi connectivity index (χ0n) is 19.2. The van der Waals surface area contributed by atoms with Crippen LogP contribution < -0.4 is 5.32 Å². The van der Waals surface area contributed by atoms with Crippen molar-refractivity contribution in [1.82, 2.24) is 20.2 Å². The van der Waals surface area contributed by atoms with Crippen molar-refractivity contribution in [2.75, 3.05) is 12.4 Å². The van der Waals surface area contributed by atoms with Crippen molar-refractivity contribution < 1.29 is 8.85 Å². The quantitative estimate of drug-likeness (QED) is 0.525. The monoisotopic (exact) mass is 396 g/mol. The van der Waals surface area contributed by atoms with E-state index in [0.717, 1.165) is 48.6 Å². The first-order chi connectivity index (χ1) is 14.5. The van der Waals surface area contributed by atoms with E-state index in [9.17, 15) is 0 Å². The number of methoxy groups -OCH3 is 1. The van der Waals surface area contributed by atoms with Gasteiger partial charge in [-0.25, -0.2) is 9.97 Å². The number of thiophene rings is 1. The average molecular weight is 397 g/mol. The predicted molar refractivity (Wildman–Crippen MR) is 114 cm³/mol. The Kier molecular flexibility index (Phi) is 3.86. The van der Waals surface area contributed by atoms with Crippen LogP contribution in [0.5, 0.6) is 0 Å². The number of aryl methyl sites for hydroxylation is 2. The first-order valence-corrected chi connectivity index (χ1v) is 9.77. The summed E-state index contributed by atoms with van der Waals surface area (Å²) in [6, 6.07) is 7.68. The summed E-state index contributed by atoms with van der Waals surface area (Å²) >= 11 is 1.53. The van der Waals surface area contributed by atoms with Crippen LogP contribution in [-0.2, 0) is 16.9 Å². The van der Waals surface area contributed by atoms with Crippen molar-refractivity contribution >= 4 is 37.6 Å². The molecule has 4 aromatic rings. The van der Waals surface area contributed by atoms with Crippen LogP contribution in [0.25, 0.3) is 20.4 Å². The number of benzene rings is 1. The number of nitrogens with one attached hydrogen (secondary N) is 1. The summed E-state index contributed by atoms with van der Waals surface area (Å²) in [5.74, 6) is 0.750. The normalized spacial score (nSPS) is 14.1. The number of aromatic nitrogens is 4. The Hall–Kier alpha value is -2.64. The highest BCUT2D eigenvalue weighted by molar-refractivity contribution is 7.25. The SMILES string of the molecule is [2H]C([2H])([2H])OC(C)(C)c1ccc(CNc2ncnc3c2sc2nnc(C)c(C)c23)cc1. The molecule has 0 unspecified atom stereocenters. The minimum absolute atomic E-state index is 0.560. The van der Waals surface area contributed by atoms with E-state index in [-0.39, 0.29) is 0 Å². The zero-order valence-corrected chi connectivity index (χ0v) is 17.0. The van der Waals surface area contributed by atoms with Crippen LogP contribution >= 0.6 is 11.3 Å². The van der Waals surface area contributed by atoms with Crippen molar-refractivity contribution in [2.45, 2.75) is 39.8 Å². The average Bonchev–Trinajstić information content (AvgIpc) is 3.07. The summed E-state index contributed by atoms with van der Waals surface area (Å²) in [6.07, 6.45) is 1.56. The van der Waals surface area contributed by atoms with Gasteiger partial charge in [0.05, 0.1) is 25.6 Å². The summed E-state index contributed by atoms with van der Waals surface area (Å²) < 4.78 is 28.2. The molecule has 0 aliphatic carbocycles. The molecule has 3 heterocycles. The Labute approximate surface area is 172 Å². The molecule has 0 saturated carbocycles. The maximum absolute atomic E-state index is 7.35. The first-order valence-electron chi connectivity index (χ1n) is 10.5. The van der Waals surface area contributed by atoms with Crippen LogP contribution in [0.4, 0.5) is 5.82 Å². The number of anilines is 1. The number of fused-ring (bicyclic) bond motifs is 3. The minimum Gasteiger partial charge on any atom is -0.374 e. The van der Waals surface area contributed by atoms with E-state index in [1.165, 1.54) is 11.3 Å². The smallest absolute Gasteiger partial charge is 0.149 e. The maximum Gasteiger partial charge on any atom is 0.149 e. The molecule has 28 heavy (non-hydrogen) atoms. The van der Waals surface area contributed by atoms with E-state index < -0.39 is 12.6 Å². The van der Waals surface area contributed by atoms with Crippen molar-refractivity contribution in [1.29, 1.82) is 0 Å². The van der Waals surface area contributed by atoms with Crippen LogP contribution in [-0.4, -0.2) is 27.2 Å². The van der Waals surface area contributed by atoms with Crippen LogP contribution in [0.15, 0.2) is 30.6 Å². The molecule has 144 valence electrons. The molecule has 0 atom stereocenters. The third kappa shape index (κ3) is 3.21. The number of ether oxygens (including phenoxy) is 1. The van der Waals surface area contributed by atoms with Gasteiger partial charge in [-0.1, -0.05) is 24.3 Å². The number of hydrogen-bond donors (Lipinski definition) is 1. The number of rotatable bonds is 5. The Morgan fingerprint density at radius 1 is 1.14 bits per heavy atom. The molecule has 0 aliphatic heterocycles. The molecule has 0 amide bonds. The fourth-order valence-electron chi connectivity index (χ4n) is 3.08. The van der Waals surface area contributed by atoms with Crippen LogP contribution in [0, 0.1) is 13.8 Å². The fraction of sp³-hybridized carbons (Fsp3) is 0.333. The first kappa shape index (κ1) is 15.3. The molecule has 0 radical (unpaired) electrons. The van der Waals surface area contributed by atoms with E-state index in [4.69, 9.17) is 8.85 Å². The molecule has 1 N–H and O–H groups in total. The molecule has 6 nitrogen and oxygen atoms in total. The van der Waals surface area contributed by atoms with Gasteiger partial charge in [-0.2, -0.15) is 5.10 Å². The molecule has 0 bridgehead atoms. The highest BCUT2D eigenvalue weighted by Crippen LogP contribution is 2.36. The van der Waals surface area contributed by atoms with Crippen molar-refractivity contribution in [2.24, 2.45) is 0 Å². The third-order valence-corrected chi connectivity index (χ3v) is 6.10. The number of hydrogen-bond acceptors (Lipinski definition) is 7. The molecule has 0 fully saturated rings. The standard InChI is InChI=1S/C21H23N5OS/c1-12-13(2)25-26-20-16(12)17-18(28-20)19(24-11-23-17)22-10-14-6-8-15(9-7-14)21(3,4)27-5/h6-9,11H,10H2,1-5H3,(H,22,23,24)/i5D3. The second kappa shape index (κ2) is 7.07. The van der Waals surface area contributed by atoms with Gasteiger partial charge in [0, 0.05) is 19.0 Å². The Morgan fingerprint density at radius 2 is 1.93 bits per heavy atom. The van der Waals surface area contributed by atoms with Gasteiger partial charge in [-0.15, -0.1) is 16.4 Å². The predicted octanol–water partition coefficient (Wildman–Crippen LogP) is 4.74. The summed E-state index contributed by atoms with van der Waals surface area (Å²) in [4.78, 5) is 9.76. The lowest BCUT2D eigenvalue weighted by atomic mass is 9.97. The van der Waals surface area contributed by atoms with E-state index in [0.29, 0.717) is 6.54 Å². The Balaban J connectivity index is 1.56. The maximum atomic E-state index is 7.35. The largest absolute Gasteiger partial charge is 0.374 e. The molecule has 1 aromatic carbocycles. The molecule has 3 aromatic heterocycles. The molecule has 0 aliphatic rings. The minimum atomic E-state index is -2.45. The molecule has 0 saturated heterocycles. The Morgan fingerprint density at radius 3 is 2.68 bits per heavy atom. The molecule has 4 rings (SSSR count). The summed E-state index contributed by atoms with van der Waals surface area (Å²) in [5, 5.41) is 13.0. The van der Waals surface area contributed by atoms with Crippen LogP contribution in [0.2, 0.25) is 0 Å². The van der Waals surface area contributed by atoms with Gasteiger partial charge < -0.3 is 10.1 Å². The number of nitrogens with zero attached hydrogens (tertiary/aromatic N) is 4. The van der Waals surface area contributed by atoms with Gasteiger partial charge in [0.2, 0.25) is 0 Å². The lowest BCUT2D eigenvalue weighted by molar-refractivity contribution is 0.0192. The molecular weight excluding hydrogens is 370 g/mol. The highest BCUT2D eigenvalue weighted by Gasteiger charge is 2.19. The fourth-order valence-corrected chi connectivity index (χ4v) is 4.18. The lowest BCUT2D eigenvalue weighted by Gasteiger charge is -2.23. The van der Waals surface area contributed by atoms with Crippen LogP contribution in [0.3, 0.4) is 0 Å². The van der Waals surface area contributed by atoms with Gasteiger partial charge in [0.15, 0.2) is 0 Å². The lowest BCUT2D eigenvalue weighted by Crippen LogP contribution is -2.19. The van der Waals surface area contributed by atoms with E-state index in [1.54, 1.807) is 20.2 Å². The summed E-state index contributed by atoms with van der Waals surface area (Å²) in [6.45, 7) is 8.04. The van der Waals surface area contributed by atoms with Gasteiger partial charge in [-0.05, 0) is 44.4 Å². The Bertz CT molecular complexity index is 1250. The van der Waals surface area contributed by atoms with E-state index in [2.05, 4.69) is 25.5 Å². The van der Waals surface area contributed by atoms with Gasteiger partial charge in [-0.3, -0.25) is 0 Å². The highest BCUT2D eigenvalue weighted by atomic mass is 32.1. The van der Waals surface area contributed by atoms with Crippen LogP contribution in [0.1, 0.15) is 40.3 Å². The summed E-state index contributed by atoms with van der Waals surface area (Å²) in [7, 11) is -2.45. The second-order valence-electron chi connectivity index (χ2n) is 7.26. The van der Waals surface area contributed by atoms with Crippen molar-refractivity contribution in [3.05, 3.63) is 53.0 Å².